The highest BCUT2D eigenvalue weighted by Crippen LogP contribution is 2.42. The number of benzene rings is 2. The Morgan fingerprint density at radius 2 is 1.86 bits per heavy atom. The number of nitrogens with zero attached hydrogens (tertiary/aromatic N) is 1. The number of rotatable bonds is 4. The van der Waals surface area contributed by atoms with Crippen LogP contribution < -0.4 is 10.9 Å². The molecule has 0 aliphatic heterocycles. The van der Waals surface area contributed by atoms with Gasteiger partial charge in [0.25, 0.3) is 5.56 Å². The van der Waals surface area contributed by atoms with E-state index in [0.717, 1.165) is 12.8 Å². The van der Waals surface area contributed by atoms with Gasteiger partial charge in [0.15, 0.2) is 0 Å². The number of aromatic nitrogens is 2. The predicted octanol–water partition coefficient (Wildman–Crippen LogP) is 4.33. The van der Waals surface area contributed by atoms with Crippen molar-refractivity contribution in [1.82, 2.24) is 9.97 Å². The van der Waals surface area contributed by atoms with E-state index in [4.69, 9.17) is 0 Å². The average Bonchev–Trinajstić information content (AvgIpc) is 3.19. The van der Waals surface area contributed by atoms with Crippen molar-refractivity contribution in [1.29, 1.82) is 0 Å². The maximum absolute atomic E-state index is 13.8. The highest BCUT2D eigenvalue weighted by atomic mass is 19.1. The van der Waals surface area contributed by atoms with E-state index in [1.54, 1.807) is 31.2 Å². The maximum atomic E-state index is 13.8. The van der Waals surface area contributed by atoms with Gasteiger partial charge in [0.05, 0.1) is 5.41 Å². The summed E-state index contributed by atoms with van der Waals surface area (Å²) in [6, 6.07) is 15.0. The minimum absolute atomic E-state index is 0.136. The number of aromatic amines is 1. The highest BCUT2D eigenvalue weighted by molar-refractivity contribution is 5.99. The van der Waals surface area contributed by atoms with E-state index in [9.17, 15) is 14.0 Å². The van der Waals surface area contributed by atoms with Gasteiger partial charge in [-0.15, -0.1) is 0 Å². The summed E-state index contributed by atoms with van der Waals surface area (Å²) >= 11 is 0. The molecule has 0 unspecified atom stereocenters. The summed E-state index contributed by atoms with van der Waals surface area (Å²) in [5, 5.41) is 3.00. The minimum Gasteiger partial charge on any atom is -0.325 e. The summed E-state index contributed by atoms with van der Waals surface area (Å²) in [4.78, 5) is 32.1. The molecule has 148 valence electrons. The van der Waals surface area contributed by atoms with Gasteiger partial charge in [0, 0.05) is 23.0 Å². The van der Waals surface area contributed by atoms with Crippen molar-refractivity contribution in [3.63, 3.8) is 0 Å². The molecule has 1 aromatic heterocycles. The molecule has 3 aromatic rings. The smallest absolute Gasteiger partial charge is 0.251 e. The molecule has 5 nitrogen and oxygen atoms in total. The van der Waals surface area contributed by atoms with Crippen molar-refractivity contribution in [2.75, 3.05) is 5.32 Å². The summed E-state index contributed by atoms with van der Waals surface area (Å²) in [5.74, 6) is -0.0201. The molecule has 2 N–H and O–H groups in total. The van der Waals surface area contributed by atoms with Crippen LogP contribution in [0.25, 0.3) is 11.4 Å². The second-order valence-electron chi connectivity index (χ2n) is 7.57. The summed E-state index contributed by atoms with van der Waals surface area (Å²) < 4.78 is 13.8. The second kappa shape index (κ2) is 7.62. The Hall–Kier alpha value is -3.28. The first kappa shape index (κ1) is 19.1. The molecule has 0 bridgehead atoms. The van der Waals surface area contributed by atoms with E-state index < -0.39 is 5.41 Å². The van der Waals surface area contributed by atoms with Crippen LogP contribution in [0.15, 0.2) is 59.4 Å². The third kappa shape index (κ3) is 3.83. The van der Waals surface area contributed by atoms with Crippen molar-refractivity contribution in [2.45, 2.75) is 38.0 Å². The van der Waals surface area contributed by atoms with Crippen LogP contribution in [0, 0.1) is 12.7 Å². The molecule has 0 atom stereocenters. The molecule has 1 aliphatic carbocycles. The molecule has 0 saturated heterocycles. The van der Waals surface area contributed by atoms with E-state index in [1.165, 1.54) is 18.2 Å². The van der Waals surface area contributed by atoms with Crippen LogP contribution >= 0.6 is 0 Å². The molecule has 1 fully saturated rings. The molecule has 1 heterocycles. The fourth-order valence-corrected chi connectivity index (χ4v) is 4.12. The van der Waals surface area contributed by atoms with E-state index in [-0.39, 0.29) is 17.3 Å². The van der Waals surface area contributed by atoms with Crippen molar-refractivity contribution >= 4 is 11.6 Å². The Balaban J connectivity index is 1.65. The number of nitrogens with one attached hydrogen (secondary N) is 2. The molecule has 0 radical (unpaired) electrons. The predicted molar refractivity (Wildman–Crippen MR) is 110 cm³/mol. The molecule has 6 heteroatoms. The number of halogens is 1. The number of carbonyl (C=O) groups excluding carboxylic acids is 1. The quantitative estimate of drug-likeness (QED) is 0.695. The van der Waals surface area contributed by atoms with Crippen LogP contribution in [0.2, 0.25) is 0 Å². The van der Waals surface area contributed by atoms with Crippen LogP contribution in [-0.4, -0.2) is 15.9 Å². The average molecular weight is 391 g/mol. The summed E-state index contributed by atoms with van der Waals surface area (Å²) in [5.41, 5.74) is 1.70. The van der Waals surface area contributed by atoms with Gasteiger partial charge in [-0.05, 0) is 49.6 Å². The monoisotopic (exact) mass is 391 g/mol. The number of hydrogen-bond acceptors (Lipinski definition) is 3. The number of H-pyrrole nitrogens is 1. The fourth-order valence-electron chi connectivity index (χ4n) is 4.12. The third-order valence-corrected chi connectivity index (χ3v) is 5.53. The Bertz CT molecular complexity index is 1120. The first-order chi connectivity index (χ1) is 14.0. The van der Waals surface area contributed by atoms with E-state index >= 15 is 0 Å². The maximum Gasteiger partial charge on any atom is 0.251 e. The highest BCUT2D eigenvalue weighted by Gasteiger charge is 2.42. The topological polar surface area (TPSA) is 74.8 Å². The third-order valence-electron chi connectivity index (χ3n) is 5.53. The number of carbonyl (C=O) groups is 1. The van der Waals surface area contributed by atoms with Gasteiger partial charge in [0.2, 0.25) is 5.91 Å². The zero-order valence-corrected chi connectivity index (χ0v) is 16.2. The first-order valence-corrected chi connectivity index (χ1v) is 9.72. The van der Waals surface area contributed by atoms with Gasteiger partial charge in [-0.3, -0.25) is 9.59 Å². The second-order valence-corrected chi connectivity index (χ2v) is 7.57. The standard InChI is InChI=1S/C23H22FN3O2/c1-15-12-20(28)27-21(25-15)16-6-4-9-19(13-16)26-22(29)23(10-2-3-11-23)17-7-5-8-18(24)14-17/h4-9,12-14H,2-3,10-11H2,1H3,(H,26,29)(H,25,27,28). The summed E-state index contributed by atoms with van der Waals surface area (Å²) in [6.07, 6.45) is 3.24. The molecule has 29 heavy (non-hydrogen) atoms. The Morgan fingerprint density at radius 1 is 1.10 bits per heavy atom. The SMILES string of the molecule is Cc1cc(=O)[nH]c(-c2cccc(NC(=O)C3(c4cccc(F)c4)CCCC3)c2)n1. The number of amides is 1. The minimum atomic E-state index is -0.728. The Kier molecular flexibility index (Phi) is 5.01. The van der Waals surface area contributed by atoms with Crippen molar-refractivity contribution in [3.8, 4) is 11.4 Å². The zero-order chi connectivity index (χ0) is 20.4. The summed E-state index contributed by atoms with van der Waals surface area (Å²) in [7, 11) is 0. The number of aryl methyl sites for hydroxylation is 1. The lowest BCUT2D eigenvalue weighted by Crippen LogP contribution is -2.38. The Labute approximate surface area is 168 Å². The van der Waals surface area contributed by atoms with Crippen LogP contribution in [0.4, 0.5) is 10.1 Å². The zero-order valence-electron chi connectivity index (χ0n) is 16.2. The fraction of sp³-hybridized carbons (Fsp3) is 0.261. The summed E-state index contributed by atoms with van der Waals surface area (Å²) in [6.45, 7) is 1.76. The largest absolute Gasteiger partial charge is 0.325 e. The molecule has 1 aliphatic rings. The van der Waals surface area contributed by atoms with Gasteiger partial charge in [0.1, 0.15) is 11.6 Å². The Morgan fingerprint density at radius 3 is 2.59 bits per heavy atom. The van der Waals surface area contributed by atoms with Gasteiger partial charge in [-0.25, -0.2) is 9.37 Å². The van der Waals surface area contributed by atoms with E-state index in [2.05, 4.69) is 15.3 Å². The van der Waals surface area contributed by atoms with Gasteiger partial charge >= 0.3 is 0 Å². The van der Waals surface area contributed by atoms with Gasteiger partial charge < -0.3 is 10.3 Å². The molecule has 1 amide bonds. The molecular formula is C23H22FN3O2. The number of anilines is 1. The number of hydrogen-bond donors (Lipinski definition) is 2. The lowest BCUT2D eigenvalue weighted by molar-refractivity contribution is -0.121. The molecule has 4 rings (SSSR count). The van der Waals surface area contributed by atoms with Crippen LogP contribution in [-0.2, 0) is 10.2 Å². The lowest BCUT2D eigenvalue weighted by atomic mass is 9.78. The van der Waals surface area contributed by atoms with Crippen LogP contribution in [0.3, 0.4) is 0 Å². The first-order valence-electron chi connectivity index (χ1n) is 9.72. The lowest BCUT2D eigenvalue weighted by Gasteiger charge is -2.28. The normalized spacial score (nSPS) is 15.2. The van der Waals surface area contributed by atoms with Crippen LogP contribution in [0.1, 0.15) is 36.9 Å². The van der Waals surface area contributed by atoms with Crippen LogP contribution in [0.5, 0.6) is 0 Å². The van der Waals surface area contributed by atoms with Gasteiger partial charge in [-0.1, -0.05) is 37.1 Å². The molecule has 1 saturated carbocycles. The molecule has 2 aromatic carbocycles. The van der Waals surface area contributed by atoms with E-state index in [1.807, 2.05) is 12.1 Å². The van der Waals surface area contributed by atoms with Crippen molar-refractivity contribution in [3.05, 3.63) is 82.0 Å². The molecule has 0 spiro atoms. The molecular weight excluding hydrogens is 369 g/mol. The van der Waals surface area contributed by atoms with E-state index in [0.29, 0.717) is 41.2 Å². The van der Waals surface area contributed by atoms with Gasteiger partial charge in [-0.2, -0.15) is 0 Å². The van der Waals surface area contributed by atoms with Crippen molar-refractivity contribution < 1.29 is 9.18 Å². The van der Waals surface area contributed by atoms with Crippen molar-refractivity contribution in [2.24, 2.45) is 0 Å².